The molecular weight excluding hydrogens is 554 g/mol. The van der Waals surface area contributed by atoms with Crippen molar-refractivity contribution < 1.29 is 28.4 Å². The van der Waals surface area contributed by atoms with Crippen molar-refractivity contribution >= 4 is 49.9 Å². The van der Waals surface area contributed by atoms with Crippen LogP contribution in [0.3, 0.4) is 0 Å². The number of aromatic nitrogens is 2. The number of nitrogens with zero attached hydrogens (tertiary/aromatic N) is 2. The molecule has 9 nitrogen and oxygen atoms in total. The molecule has 3 atom stereocenters. The van der Waals surface area contributed by atoms with Gasteiger partial charge in [0, 0.05) is 21.6 Å². The molecule has 0 aliphatic carbocycles. The van der Waals surface area contributed by atoms with Gasteiger partial charge in [-0.25, -0.2) is 9.97 Å². The van der Waals surface area contributed by atoms with Crippen molar-refractivity contribution in [1.29, 1.82) is 0 Å². The van der Waals surface area contributed by atoms with Crippen LogP contribution in [-0.2, 0) is 18.9 Å². The van der Waals surface area contributed by atoms with Gasteiger partial charge >= 0.3 is 0 Å². The minimum absolute atomic E-state index is 0.351. The Kier molecular flexibility index (Phi) is 5.77. The number of halogens is 2. The van der Waals surface area contributed by atoms with Crippen LogP contribution in [0, 0.1) is 0 Å². The first kappa shape index (κ1) is 23.7. The third-order valence-corrected chi connectivity index (χ3v) is 7.59. The van der Waals surface area contributed by atoms with Crippen molar-refractivity contribution in [2.75, 3.05) is 25.6 Å². The molecule has 1 spiro atoms. The van der Waals surface area contributed by atoms with Gasteiger partial charge in [-0.15, -0.1) is 0 Å². The van der Waals surface area contributed by atoms with Crippen LogP contribution >= 0.6 is 27.5 Å². The Labute approximate surface area is 220 Å². The van der Waals surface area contributed by atoms with Gasteiger partial charge in [-0.05, 0) is 54.0 Å². The lowest BCUT2D eigenvalue weighted by Crippen LogP contribution is -2.47. The maximum Gasteiger partial charge on any atom is 0.171 e. The Bertz CT molecular complexity index is 1390. The van der Waals surface area contributed by atoms with Crippen LogP contribution in [0.1, 0.15) is 13.8 Å². The maximum atomic E-state index is 6.25. The fraction of sp³-hybridized carbons (Fsp3) is 0.360. The third kappa shape index (κ3) is 4.06. The fourth-order valence-electron chi connectivity index (χ4n) is 4.69. The predicted molar refractivity (Wildman–Crippen MR) is 136 cm³/mol. The highest BCUT2D eigenvalue weighted by atomic mass is 79.9. The molecule has 0 bridgehead atoms. The van der Waals surface area contributed by atoms with Crippen molar-refractivity contribution in [3.05, 3.63) is 58.2 Å². The molecule has 36 heavy (non-hydrogen) atoms. The van der Waals surface area contributed by atoms with E-state index in [0.717, 1.165) is 15.5 Å². The molecule has 3 aromatic rings. The van der Waals surface area contributed by atoms with E-state index in [-0.39, 0.29) is 6.10 Å². The minimum Gasteiger partial charge on any atom is -0.493 e. The molecular formula is C25H23BrClN3O6. The highest BCUT2D eigenvalue weighted by molar-refractivity contribution is 9.10. The highest BCUT2D eigenvalue weighted by Crippen LogP contribution is 2.46. The first-order chi connectivity index (χ1) is 17.3. The molecule has 0 saturated carbocycles. The van der Waals surface area contributed by atoms with Crippen molar-refractivity contribution in [1.82, 2.24) is 9.97 Å². The summed E-state index contributed by atoms with van der Waals surface area (Å²) in [6.07, 6.45) is 2.27. The van der Waals surface area contributed by atoms with Crippen LogP contribution in [0.15, 0.2) is 53.2 Å². The van der Waals surface area contributed by atoms with Gasteiger partial charge in [0.05, 0.1) is 30.9 Å². The van der Waals surface area contributed by atoms with Gasteiger partial charge in [0.1, 0.15) is 18.4 Å². The molecule has 188 valence electrons. The Balaban J connectivity index is 1.27. The van der Waals surface area contributed by atoms with Gasteiger partial charge in [-0.1, -0.05) is 11.6 Å². The number of methoxy groups -OCH3 is 1. The van der Waals surface area contributed by atoms with Crippen molar-refractivity contribution in [2.24, 2.45) is 0 Å². The number of hydrogen-bond donors (Lipinski definition) is 1. The monoisotopic (exact) mass is 575 g/mol. The first-order valence-electron chi connectivity index (χ1n) is 11.3. The summed E-state index contributed by atoms with van der Waals surface area (Å²) in [6.45, 7) is 4.50. The topological polar surface area (TPSA) is 93.2 Å². The standard InChI is InChI=1S/C25H23BrClN3O6/c1-24(2)34-11-25(36-24)10-33-21-20(9-32-22(21)25)35-19-8-17-14(7-18(19)31-3)23(29-12-28-17)30-13-4-5-15(26)16(27)6-13/h4-9,12,21-22H,10-11H2,1-3H3,(H,28,29,30)/t21-,22-,25+/m0/s1. The van der Waals surface area contributed by atoms with Crippen LogP contribution in [0.5, 0.6) is 11.5 Å². The molecule has 6 rings (SSSR count). The Morgan fingerprint density at radius 1 is 1.14 bits per heavy atom. The normalized spacial score (nSPS) is 26.1. The molecule has 0 unspecified atom stereocenters. The van der Waals surface area contributed by atoms with Gasteiger partial charge < -0.3 is 33.7 Å². The molecule has 2 saturated heterocycles. The molecule has 0 amide bonds. The fourth-order valence-corrected chi connectivity index (χ4v) is 5.12. The van der Waals surface area contributed by atoms with Gasteiger partial charge in [-0.3, -0.25) is 0 Å². The molecule has 2 fully saturated rings. The Morgan fingerprint density at radius 3 is 2.75 bits per heavy atom. The van der Waals surface area contributed by atoms with E-state index in [0.29, 0.717) is 46.8 Å². The number of benzene rings is 2. The lowest BCUT2D eigenvalue weighted by atomic mass is 9.98. The zero-order valence-electron chi connectivity index (χ0n) is 19.7. The molecule has 11 heteroatoms. The van der Waals surface area contributed by atoms with Gasteiger partial charge in [-0.2, -0.15) is 0 Å². The Hall–Kier alpha value is -2.63. The average Bonchev–Trinajstić information content (AvgIpc) is 3.51. The van der Waals surface area contributed by atoms with E-state index in [1.807, 2.05) is 38.1 Å². The zero-order chi connectivity index (χ0) is 25.1. The number of anilines is 2. The van der Waals surface area contributed by atoms with E-state index in [1.54, 1.807) is 19.4 Å². The van der Waals surface area contributed by atoms with Gasteiger partial charge in [0.25, 0.3) is 0 Å². The van der Waals surface area contributed by atoms with E-state index >= 15 is 0 Å². The summed E-state index contributed by atoms with van der Waals surface area (Å²) in [5, 5.41) is 4.64. The van der Waals surface area contributed by atoms with Crippen LogP contribution in [0.2, 0.25) is 5.02 Å². The Morgan fingerprint density at radius 2 is 2.00 bits per heavy atom. The summed E-state index contributed by atoms with van der Waals surface area (Å²) in [6, 6.07) is 9.20. The second kappa shape index (κ2) is 8.74. The van der Waals surface area contributed by atoms with Crippen molar-refractivity contribution in [3.63, 3.8) is 0 Å². The predicted octanol–water partition coefficient (Wildman–Crippen LogP) is 5.34. The smallest absolute Gasteiger partial charge is 0.171 e. The molecule has 0 radical (unpaired) electrons. The molecule has 3 aliphatic rings. The summed E-state index contributed by atoms with van der Waals surface area (Å²) in [5.41, 5.74) is 0.781. The van der Waals surface area contributed by atoms with Gasteiger partial charge in [0.15, 0.2) is 40.9 Å². The maximum absolute atomic E-state index is 6.25. The third-order valence-electron chi connectivity index (χ3n) is 6.36. The lowest BCUT2D eigenvalue weighted by molar-refractivity contribution is -0.175. The van der Waals surface area contributed by atoms with Crippen LogP contribution in [-0.4, -0.2) is 53.9 Å². The van der Waals surface area contributed by atoms with Crippen LogP contribution in [0.4, 0.5) is 11.5 Å². The number of rotatable bonds is 5. The summed E-state index contributed by atoms with van der Waals surface area (Å²) in [7, 11) is 1.58. The second-order valence-corrected chi connectivity index (χ2v) is 10.5. The molecule has 3 aliphatic heterocycles. The number of ether oxygens (including phenoxy) is 6. The van der Waals surface area contributed by atoms with Crippen molar-refractivity contribution in [3.8, 4) is 11.5 Å². The molecule has 2 aromatic carbocycles. The number of hydrogen-bond acceptors (Lipinski definition) is 9. The van der Waals surface area contributed by atoms with E-state index < -0.39 is 17.5 Å². The summed E-state index contributed by atoms with van der Waals surface area (Å²) < 4.78 is 36.7. The number of nitrogens with one attached hydrogen (secondary N) is 1. The van der Waals surface area contributed by atoms with Crippen molar-refractivity contribution in [2.45, 2.75) is 37.4 Å². The average molecular weight is 577 g/mol. The zero-order valence-corrected chi connectivity index (χ0v) is 22.1. The SMILES string of the molecule is COc1cc2c(Nc3ccc(Br)c(Cl)c3)ncnc2cc1OC1=CO[C@H]2[C@H]1OC[C@@]21COC(C)(C)O1. The highest BCUT2D eigenvalue weighted by Gasteiger charge is 2.62. The van der Waals surface area contributed by atoms with E-state index in [1.165, 1.54) is 6.33 Å². The van der Waals surface area contributed by atoms with Gasteiger partial charge in [0.2, 0.25) is 0 Å². The quantitative estimate of drug-likeness (QED) is 0.432. The molecule has 4 heterocycles. The van der Waals surface area contributed by atoms with E-state index in [2.05, 4.69) is 31.2 Å². The first-order valence-corrected chi connectivity index (χ1v) is 12.5. The summed E-state index contributed by atoms with van der Waals surface area (Å²) >= 11 is 9.65. The minimum atomic E-state index is -0.695. The molecule has 1 aromatic heterocycles. The number of fused-ring (bicyclic) bond motifs is 3. The summed E-state index contributed by atoms with van der Waals surface area (Å²) in [5.74, 6) is 1.42. The van der Waals surface area contributed by atoms with Crippen LogP contribution in [0.25, 0.3) is 10.9 Å². The largest absolute Gasteiger partial charge is 0.493 e. The molecule has 1 N–H and O–H groups in total. The summed E-state index contributed by atoms with van der Waals surface area (Å²) in [4.78, 5) is 8.84. The van der Waals surface area contributed by atoms with E-state index in [4.69, 9.17) is 40.0 Å². The lowest BCUT2D eigenvalue weighted by Gasteiger charge is -2.27. The second-order valence-electron chi connectivity index (χ2n) is 9.26. The van der Waals surface area contributed by atoms with E-state index in [9.17, 15) is 0 Å². The van der Waals surface area contributed by atoms with Crippen LogP contribution < -0.4 is 14.8 Å².